The van der Waals surface area contributed by atoms with Gasteiger partial charge in [0.25, 0.3) is 0 Å². The zero-order chi connectivity index (χ0) is 16.3. The lowest BCUT2D eigenvalue weighted by Crippen LogP contribution is -2.52. The van der Waals surface area contributed by atoms with Gasteiger partial charge in [0.05, 0.1) is 6.10 Å². The number of carbonyl (C=O) groups excluding carboxylic acids is 2. The molecule has 0 aliphatic carbocycles. The molecule has 3 atom stereocenters. The van der Waals surface area contributed by atoms with Crippen LogP contribution < -0.4 is 0 Å². The predicted molar refractivity (Wildman–Crippen MR) is 85.2 cm³/mol. The zero-order valence-electron chi connectivity index (χ0n) is 14.1. The second-order valence-electron chi connectivity index (χ2n) is 7.26. The third-order valence-electron chi connectivity index (χ3n) is 4.93. The van der Waals surface area contributed by atoms with Gasteiger partial charge in [-0.2, -0.15) is 0 Å². The Kier molecular flexibility index (Phi) is 5.84. The summed E-state index contributed by atoms with van der Waals surface area (Å²) in [5.41, 5.74) is 0. The van der Waals surface area contributed by atoms with E-state index in [4.69, 9.17) is 0 Å². The lowest BCUT2D eigenvalue weighted by atomic mass is 9.98. The molecule has 2 saturated heterocycles. The van der Waals surface area contributed by atoms with Gasteiger partial charge in [0.1, 0.15) is 6.04 Å². The fraction of sp³-hybridized carbons (Fsp3) is 0.882. The molecular weight excluding hydrogens is 280 g/mol. The first kappa shape index (κ1) is 17.3. The van der Waals surface area contributed by atoms with Crippen LogP contribution in [-0.4, -0.2) is 58.5 Å². The van der Waals surface area contributed by atoms with Crippen molar-refractivity contribution in [1.82, 2.24) is 9.80 Å². The van der Waals surface area contributed by atoms with Gasteiger partial charge in [-0.05, 0) is 38.5 Å². The maximum Gasteiger partial charge on any atom is 0.245 e. The van der Waals surface area contributed by atoms with Gasteiger partial charge in [0.2, 0.25) is 11.8 Å². The highest BCUT2D eigenvalue weighted by atomic mass is 16.3. The third-order valence-corrected chi connectivity index (χ3v) is 4.93. The molecule has 2 aliphatic heterocycles. The van der Waals surface area contributed by atoms with Crippen molar-refractivity contribution in [2.24, 2.45) is 11.8 Å². The van der Waals surface area contributed by atoms with Crippen LogP contribution in [0.1, 0.15) is 52.9 Å². The van der Waals surface area contributed by atoms with Gasteiger partial charge < -0.3 is 14.9 Å². The van der Waals surface area contributed by atoms with E-state index in [2.05, 4.69) is 13.8 Å². The van der Waals surface area contributed by atoms with Gasteiger partial charge in [-0.1, -0.05) is 13.8 Å². The molecule has 0 bridgehead atoms. The minimum absolute atomic E-state index is 0.0760. The zero-order valence-corrected chi connectivity index (χ0v) is 14.1. The minimum Gasteiger partial charge on any atom is -0.393 e. The van der Waals surface area contributed by atoms with Gasteiger partial charge in [-0.25, -0.2) is 0 Å². The molecule has 5 heteroatoms. The Morgan fingerprint density at radius 1 is 1.27 bits per heavy atom. The molecule has 2 fully saturated rings. The smallest absolute Gasteiger partial charge is 0.245 e. The number of piperidine rings is 1. The number of nitrogens with zero attached hydrogens (tertiary/aromatic N) is 2. The van der Waals surface area contributed by atoms with Gasteiger partial charge in [-0.3, -0.25) is 9.59 Å². The molecule has 0 aromatic carbocycles. The maximum absolute atomic E-state index is 12.9. The van der Waals surface area contributed by atoms with E-state index in [-0.39, 0.29) is 29.9 Å². The summed E-state index contributed by atoms with van der Waals surface area (Å²) in [5, 5.41) is 9.72. The summed E-state index contributed by atoms with van der Waals surface area (Å²) >= 11 is 0. The number of likely N-dealkylation sites (tertiary alicyclic amines) is 2. The SMILES string of the molecule is CC(C)CC(C(=O)N1CCC(C(C)O)C1)N1CCCCC1=O. The van der Waals surface area contributed by atoms with Crippen LogP contribution in [0.15, 0.2) is 0 Å². The summed E-state index contributed by atoms with van der Waals surface area (Å²) in [6, 6.07) is -0.319. The highest BCUT2D eigenvalue weighted by Gasteiger charge is 2.37. The second-order valence-corrected chi connectivity index (χ2v) is 7.26. The van der Waals surface area contributed by atoms with Crippen molar-refractivity contribution in [3.8, 4) is 0 Å². The molecule has 2 aliphatic rings. The predicted octanol–water partition coefficient (Wildman–Crippen LogP) is 1.64. The van der Waals surface area contributed by atoms with E-state index in [1.165, 1.54) is 0 Å². The van der Waals surface area contributed by atoms with Crippen LogP contribution in [0.4, 0.5) is 0 Å². The molecule has 3 unspecified atom stereocenters. The van der Waals surface area contributed by atoms with E-state index >= 15 is 0 Å². The number of hydrogen-bond acceptors (Lipinski definition) is 3. The first-order chi connectivity index (χ1) is 10.4. The summed E-state index contributed by atoms with van der Waals surface area (Å²) < 4.78 is 0. The fourth-order valence-electron chi connectivity index (χ4n) is 3.56. The number of carbonyl (C=O) groups is 2. The molecule has 5 nitrogen and oxygen atoms in total. The van der Waals surface area contributed by atoms with Gasteiger partial charge >= 0.3 is 0 Å². The largest absolute Gasteiger partial charge is 0.393 e. The van der Waals surface area contributed by atoms with Crippen LogP contribution in [0, 0.1) is 11.8 Å². The van der Waals surface area contributed by atoms with E-state index in [9.17, 15) is 14.7 Å². The van der Waals surface area contributed by atoms with Gasteiger partial charge in [-0.15, -0.1) is 0 Å². The van der Waals surface area contributed by atoms with E-state index < -0.39 is 0 Å². The average Bonchev–Trinajstić information content (AvgIpc) is 2.94. The normalized spacial score (nSPS) is 25.7. The van der Waals surface area contributed by atoms with Crippen LogP contribution in [0.3, 0.4) is 0 Å². The summed E-state index contributed by atoms with van der Waals surface area (Å²) in [4.78, 5) is 28.8. The Morgan fingerprint density at radius 2 is 2.00 bits per heavy atom. The Morgan fingerprint density at radius 3 is 2.55 bits per heavy atom. The molecule has 126 valence electrons. The van der Waals surface area contributed by atoms with Crippen molar-refractivity contribution in [2.75, 3.05) is 19.6 Å². The van der Waals surface area contributed by atoms with E-state index in [1.54, 1.807) is 6.92 Å². The topological polar surface area (TPSA) is 60.9 Å². The minimum atomic E-state index is -0.377. The molecule has 0 aromatic heterocycles. The second kappa shape index (κ2) is 7.44. The Labute approximate surface area is 133 Å². The third kappa shape index (κ3) is 4.00. The molecule has 0 saturated carbocycles. The number of aliphatic hydroxyl groups is 1. The monoisotopic (exact) mass is 310 g/mol. The quantitative estimate of drug-likeness (QED) is 0.840. The van der Waals surface area contributed by atoms with Crippen molar-refractivity contribution in [2.45, 2.75) is 65.0 Å². The molecule has 0 radical (unpaired) electrons. The van der Waals surface area contributed by atoms with E-state index in [0.29, 0.717) is 32.0 Å². The number of rotatable bonds is 5. The number of aliphatic hydroxyl groups excluding tert-OH is 1. The number of hydrogen-bond donors (Lipinski definition) is 1. The molecule has 22 heavy (non-hydrogen) atoms. The summed E-state index contributed by atoms with van der Waals surface area (Å²) in [7, 11) is 0. The van der Waals surface area contributed by atoms with Crippen molar-refractivity contribution in [1.29, 1.82) is 0 Å². The highest BCUT2D eigenvalue weighted by Crippen LogP contribution is 2.25. The van der Waals surface area contributed by atoms with Crippen molar-refractivity contribution >= 4 is 11.8 Å². The summed E-state index contributed by atoms with van der Waals surface area (Å²) in [6.45, 7) is 8.00. The summed E-state index contributed by atoms with van der Waals surface area (Å²) in [5.74, 6) is 0.739. The highest BCUT2D eigenvalue weighted by molar-refractivity contribution is 5.88. The lowest BCUT2D eigenvalue weighted by molar-refractivity contribution is -0.147. The molecule has 0 spiro atoms. The maximum atomic E-state index is 12.9. The standard InChI is InChI=1S/C17H30N2O3/c1-12(2)10-15(19-8-5-4-6-16(19)21)17(22)18-9-7-14(11-18)13(3)20/h12-15,20H,4-11H2,1-3H3. The Hall–Kier alpha value is -1.10. The van der Waals surface area contributed by atoms with E-state index in [1.807, 2.05) is 9.80 Å². The van der Waals surface area contributed by atoms with E-state index in [0.717, 1.165) is 25.7 Å². The number of amides is 2. The molecule has 2 rings (SSSR count). The molecule has 0 aromatic rings. The van der Waals surface area contributed by atoms with Crippen molar-refractivity contribution < 1.29 is 14.7 Å². The Bertz CT molecular complexity index is 409. The van der Waals surface area contributed by atoms with Crippen LogP contribution in [0.5, 0.6) is 0 Å². The van der Waals surface area contributed by atoms with Crippen molar-refractivity contribution in [3.63, 3.8) is 0 Å². The van der Waals surface area contributed by atoms with Crippen LogP contribution >= 0.6 is 0 Å². The summed E-state index contributed by atoms with van der Waals surface area (Å²) in [6.07, 6.45) is 3.69. The van der Waals surface area contributed by atoms with Crippen LogP contribution in [0.25, 0.3) is 0 Å². The Balaban J connectivity index is 2.08. The molecule has 2 amide bonds. The fourth-order valence-corrected chi connectivity index (χ4v) is 3.56. The first-order valence-corrected chi connectivity index (χ1v) is 8.66. The lowest BCUT2D eigenvalue weighted by Gasteiger charge is -2.36. The molecule has 1 N–H and O–H groups in total. The van der Waals surface area contributed by atoms with Gasteiger partial charge in [0.15, 0.2) is 0 Å². The van der Waals surface area contributed by atoms with Gasteiger partial charge in [0, 0.05) is 32.0 Å². The van der Waals surface area contributed by atoms with Crippen molar-refractivity contribution in [3.05, 3.63) is 0 Å². The molecular formula is C17H30N2O3. The van der Waals surface area contributed by atoms with Crippen LogP contribution in [-0.2, 0) is 9.59 Å². The molecule has 2 heterocycles. The van der Waals surface area contributed by atoms with Crippen LogP contribution in [0.2, 0.25) is 0 Å². The first-order valence-electron chi connectivity index (χ1n) is 8.66. The average molecular weight is 310 g/mol.